The SMILES string of the molecule is N#CCc1c(F)ccc(Cl)c1Br. The summed E-state index contributed by atoms with van der Waals surface area (Å²) in [7, 11) is 0. The van der Waals surface area contributed by atoms with Crippen molar-refractivity contribution in [2.45, 2.75) is 6.42 Å². The highest BCUT2D eigenvalue weighted by Crippen LogP contribution is 2.28. The normalized spacial score (nSPS) is 9.50. The first-order valence-corrected chi connectivity index (χ1v) is 4.33. The van der Waals surface area contributed by atoms with E-state index >= 15 is 0 Å². The van der Waals surface area contributed by atoms with Crippen LogP contribution in [0.1, 0.15) is 5.56 Å². The zero-order valence-corrected chi connectivity index (χ0v) is 8.28. The number of hydrogen-bond acceptors (Lipinski definition) is 1. The molecule has 1 rings (SSSR count). The van der Waals surface area contributed by atoms with Gasteiger partial charge >= 0.3 is 0 Å². The van der Waals surface area contributed by atoms with Gasteiger partial charge in [0.25, 0.3) is 0 Å². The van der Waals surface area contributed by atoms with Gasteiger partial charge in [0.1, 0.15) is 5.82 Å². The summed E-state index contributed by atoms with van der Waals surface area (Å²) in [5.41, 5.74) is 0.310. The van der Waals surface area contributed by atoms with Crippen molar-refractivity contribution in [1.29, 1.82) is 5.26 Å². The molecule has 1 aromatic rings. The van der Waals surface area contributed by atoms with Gasteiger partial charge in [0.15, 0.2) is 0 Å². The van der Waals surface area contributed by atoms with E-state index in [0.29, 0.717) is 15.1 Å². The number of halogens is 3. The van der Waals surface area contributed by atoms with E-state index in [-0.39, 0.29) is 6.42 Å². The minimum absolute atomic E-state index is 0.0208. The Morgan fingerprint density at radius 3 is 2.83 bits per heavy atom. The van der Waals surface area contributed by atoms with Gasteiger partial charge in [-0.25, -0.2) is 4.39 Å². The third kappa shape index (κ3) is 1.77. The maximum Gasteiger partial charge on any atom is 0.128 e. The average Bonchev–Trinajstić information content (AvgIpc) is 2.06. The summed E-state index contributed by atoms with van der Waals surface area (Å²) >= 11 is 8.81. The molecule has 0 atom stereocenters. The predicted octanol–water partition coefficient (Wildman–Crippen LogP) is 3.31. The summed E-state index contributed by atoms with van der Waals surface area (Å²) in [4.78, 5) is 0. The van der Waals surface area contributed by atoms with E-state index in [4.69, 9.17) is 16.9 Å². The maximum atomic E-state index is 13.0. The Kier molecular flexibility index (Phi) is 3.07. The van der Waals surface area contributed by atoms with E-state index in [9.17, 15) is 4.39 Å². The highest BCUT2D eigenvalue weighted by molar-refractivity contribution is 9.10. The van der Waals surface area contributed by atoms with Crippen molar-refractivity contribution in [2.24, 2.45) is 0 Å². The van der Waals surface area contributed by atoms with Crippen LogP contribution >= 0.6 is 27.5 Å². The molecule has 0 unspecified atom stereocenters. The summed E-state index contributed by atoms with van der Waals surface area (Å²) in [6.45, 7) is 0. The highest BCUT2D eigenvalue weighted by Gasteiger charge is 2.09. The Labute approximate surface area is 82.9 Å². The molecule has 0 radical (unpaired) electrons. The van der Waals surface area contributed by atoms with Gasteiger partial charge in [-0.05, 0) is 28.1 Å². The lowest BCUT2D eigenvalue weighted by Crippen LogP contribution is -1.90. The second kappa shape index (κ2) is 3.88. The highest BCUT2D eigenvalue weighted by atomic mass is 79.9. The molecule has 0 saturated heterocycles. The molecule has 62 valence electrons. The summed E-state index contributed by atoms with van der Waals surface area (Å²) < 4.78 is 13.4. The van der Waals surface area contributed by atoms with Crippen LogP contribution in [0.3, 0.4) is 0 Å². The molecule has 1 nitrogen and oxygen atoms in total. The lowest BCUT2D eigenvalue weighted by molar-refractivity contribution is 0.614. The maximum absolute atomic E-state index is 13.0. The molecule has 0 amide bonds. The summed E-state index contributed by atoms with van der Waals surface area (Å²) in [5.74, 6) is -0.409. The van der Waals surface area contributed by atoms with Crippen molar-refractivity contribution >= 4 is 27.5 Å². The number of nitriles is 1. The Morgan fingerprint density at radius 2 is 2.25 bits per heavy atom. The molecule has 0 aromatic heterocycles. The summed E-state index contributed by atoms with van der Waals surface area (Å²) in [5, 5.41) is 8.80. The van der Waals surface area contributed by atoms with Gasteiger partial charge in [-0.2, -0.15) is 5.26 Å². The number of benzene rings is 1. The monoisotopic (exact) mass is 247 g/mol. The van der Waals surface area contributed by atoms with Crippen LogP contribution in [-0.4, -0.2) is 0 Å². The Morgan fingerprint density at radius 1 is 1.58 bits per heavy atom. The van der Waals surface area contributed by atoms with Crippen LogP contribution < -0.4 is 0 Å². The van der Waals surface area contributed by atoms with Crippen molar-refractivity contribution < 1.29 is 4.39 Å². The number of hydrogen-bond donors (Lipinski definition) is 0. The van der Waals surface area contributed by atoms with Crippen molar-refractivity contribution in [3.63, 3.8) is 0 Å². The van der Waals surface area contributed by atoms with Crippen LogP contribution in [-0.2, 0) is 6.42 Å². The van der Waals surface area contributed by atoms with E-state index < -0.39 is 5.82 Å². The fourth-order valence-corrected chi connectivity index (χ4v) is 1.45. The molecule has 0 aliphatic carbocycles. The Hall–Kier alpha value is -0.590. The zero-order chi connectivity index (χ0) is 9.14. The van der Waals surface area contributed by atoms with Crippen LogP contribution in [0.2, 0.25) is 5.02 Å². The lowest BCUT2D eigenvalue weighted by atomic mass is 10.1. The molecule has 0 saturated carbocycles. The molecule has 0 heterocycles. The van der Waals surface area contributed by atoms with Gasteiger partial charge in [0, 0.05) is 10.0 Å². The fourth-order valence-electron chi connectivity index (χ4n) is 0.810. The minimum atomic E-state index is -0.409. The first-order chi connectivity index (χ1) is 5.66. The van der Waals surface area contributed by atoms with Crippen molar-refractivity contribution in [2.75, 3.05) is 0 Å². The molecule has 0 fully saturated rings. The predicted molar refractivity (Wildman–Crippen MR) is 48.4 cm³/mol. The van der Waals surface area contributed by atoms with Gasteiger partial charge in [-0.3, -0.25) is 0 Å². The first-order valence-electron chi connectivity index (χ1n) is 3.16. The fraction of sp³-hybridized carbons (Fsp3) is 0.125. The molecule has 12 heavy (non-hydrogen) atoms. The molecule has 0 aliphatic heterocycles. The Bertz CT molecular complexity index is 346. The zero-order valence-electron chi connectivity index (χ0n) is 5.94. The largest absolute Gasteiger partial charge is 0.207 e. The molecular weight excluding hydrogens is 244 g/mol. The molecule has 0 aliphatic rings. The number of nitrogens with zero attached hydrogens (tertiary/aromatic N) is 1. The molecule has 0 spiro atoms. The Balaban J connectivity index is 3.25. The van der Waals surface area contributed by atoms with E-state index in [1.165, 1.54) is 12.1 Å². The van der Waals surface area contributed by atoms with Gasteiger partial charge < -0.3 is 0 Å². The third-order valence-corrected chi connectivity index (χ3v) is 2.84. The molecule has 0 bridgehead atoms. The standard InChI is InChI=1S/C8H4BrClFN/c9-8-5(3-4-12)7(11)2-1-6(8)10/h1-2H,3H2. The second-order valence-electron chi connectivity index (χ2n) is 2.16. The number of rotatable bonds is 1. The topological polar surface area (TPSA) is 23.8 Å². The molecule has 1 aromatic carbocycles. The van der Waals surface area contributed by atoms with Crippen LogP contribution in [0, 0.1) is 17.1 Å². The molecular formula is C8H4BrClFN. The van der Waals surface area contributed by atoms with Crippen molar-refractivity contribution in [3.8, 4) is 6.07 Å². The van der Waals surface area contributed by atoms with Gasteiger partial charge in [-0.15, -0.1) is 0 Å². The summed E-state index contributed by atoms with van der Waals surface area (Å²) in [6, 6.07) is 4.56. The van der Waals surface area contributed by atoms with Gasteiger partial charge in [0.2, 0.25) is 0 Å². The van der Waals surface area contributed by atoms with E-state index in [0.717, 1.165) is 0 Å². The van der Waals surface area contributed by atoms with Crippen LogP contribution in [0.4, 0.5) is 4.39 Å². The van der Waals surface area contributed by atoms with E-state index in [2.05, 4.69) is 15.9 Å². The van der Waals surface area contributed by atoms with Gasteiger partial charge in [0.05, 0.1) is 17.5 Å². The van der Waals surface area contributed by atoms with Crippen LogP contribution in [0.25, 0.3) is 0 Å². The van der Waals surface area contributed by atoms with Crippen molar-refractivity contribution in [1.82, 2.24) is 0 Å². The third-order valence-electron chi connectivity index (χ3n) is 1.39. The van der Waals surface area contributed by atoms with E-state index in [1.807, 2.05) is 6.07 Å². The van der Waals surface area contributed by atoms with Crippen LogP contribution in [0.15, 0.2) is 16.6 Å². The smallest absolute Gasteiger partial charge is 0.128 e. The minimum Gasteiger partial charge on any atom is -0.207 e. The van der Waals surface area contributed by atoms with Crippen molar-refractivity contribution in [3.05, 3.63) is 33.0 Å². The average molecular weight is 248 g/mol. The quantitative estimate of drug-likeness (QED) is 0.700. The summed E-state index contributed by atoms with van der Waals surface area (Å²) in [6.07, 6.45) is 0.0208. The lowest BCUT2D eigenvalue weighted by Gasteiger charge is -2.02. The van der Waals surface area contributed by atoms with E-state index in [1.54, 1.807) is 0 Å². The molecule has 0 N–H and O–H groups in total. The second-order valence-corrected chi connectivity index (χ2v) is 3.36. The van der Waals surface area contributed by atoms with Gasteiger partial charge in [-0.1, -0.05) is 11.6 Å². The molecule has 4 heteroatoms. The first kappa shape index (κ1) is 9.50. The van der Waals surface area contributed by atoms with Crippen LogP contribution in [0.5, 0.6) is 0 Å².